The Balaban J connectivity index is 2.27. The highest BCUT2D eigenvalue weighted by Crippen LogP contribution is 2.21. The van der Waals surface area contributed by atoms with Crippen molar-refractivity contribution in [3.8, 4) is 5.75 Å². The van der Waals surface area contributed by atoms with Crippen LogP contribution in [-0.2, 0) is 10.0 Å². The lowest BCUT2D eigenvalue weighted by Gasteiger charge is -2.16. The summed E-state index contributed by atoms with van der Waals surface area (Å²) in [5.41, 5.74) is 1.50. The molecule has 7 heteroatoms. The normalized spacial score (nSPS) is 11.3. The summed E-state index contributed by atoms with van der Waals surface area (Å²) in [5.74, 6) is 0.372. The largest absolute Gasteiger partial charge is 0.497 e. The van der Waals surface area contributed by atoms with Gasteiger partial charge < -0.3 is 10.1 Å². The Morgan fingerprint density at radius 1 is 1.07 bits per heavy atom. The van der Waals surface area contributed by atoms with Crippen LogP contribution in [0.4, 0.5) is 5.69 Å². The summed E-state index contributed by atoms with van der Waals surface area (Å²) >= 11 is 0. The first-order chi connectivity index (χ1) is 12.8. The van der Waals surface area contributed by atoms with Gasteiger partial charge in [-0.1, -0.05) is 19.9 Å². The first kappa shape index (κ1) is 20.8. The van der Waals surface area contributed by atoms with Crippen molar-refractivity contribution in [3.63, 3.8) is 0 Å². The molecule has 0 fully saturated rings. The minimum atomic E-state index is -3.82. The van der Waals surface area contributed by atoms with Crippen LogP contribution in [0.2, 0.25) is 0 Å². The molecule has 0 aliphatic heterocycles. The van der Waals surface area contributed by atoms with Crippen molar-refractivity contribution >= 4 is 21.6 Å². The van der Waals surface area contributed by atoms with Gasteiger partial charge in [-0.15, -0.1) is 0 Å². The van der Waals surface area contributed by atoms with Gasteiger partial charge in [0.25, 0.3) is 15.9 Å². The van der Waals surface area contributed by atoms with Crippen LogP contribution in [-0.4, -0.2) is 27.5 Å². The van der Waals surface area contributed by atoms with Crippen molar-refractivity contribution in [2.75, 3.05) is 11.8 Å². The van der Waals surface area contributed by atoms with Crippen molar-refractivity contribution in [2.24, 2.45) is 0 Å². The summed E-state index contributed by atoms with van der Waals surface area (Å²) < 4.78 is 33.0. The molecule has 0 spiro atoms. The molecule has 0 bridgehead atoms. The maximum absolute atomic E-state index is 12.7. The van der Waals surface area contributed by atoms with Gasteiger partial charge in [0.05, 0.1) is 12.0 Å². The van der Waals surface area contributed by atoms with Crippen LogP contribution in [0, 0.1) is 6.92 Å². The number of sulfonamides is 1. The molecule has 0 aliphatic carbocycles. The number of hydrogen-bond donors (Lipinski definition) is 2. The highest BCUT2D eigenvalue weighted by atomic mass is 32.2. The SMILES string of the molecule is CCC(CC)NC(=O)c1cc(S(=O)(=O)Nc2ccc(OC)cc2)ccc1C. The van der Waals surface area contributed by atoms with E-state index in [1.807, 2.05) is 13.8 Å². The molecule has 6 nitrogen and oxygen atoms in total. The quantitative estimate of drug-likeness (QED) is 0.719. The Kier molecular flexibility index (Phi) is 6.85. The van der Waals surface area contributed by atoms with E-state index in [-0.39, 0.29) is 16.8 Å². The number of benzene rings is 2. The third-order valence-corrected chi connectivity index (χ3v) is 5.81. The molecule has 0 radical (unpaired) electrons. The van der Waals surface area contributed by atoms with Crippen LogP contribution in [0.25, 0.3) is 0 Å². The number of rotatable bonds is 8. The number of amides is 1. The number of carbonyl (C=O) groups excluding carboxylic acids is 1. The van der Waals surface area contributed by atoms with Crippen LogP contribution in [0.5, 0.6) is 5.75 Å². The maximum atomic E-state index is 12.7. The van der Waals surface area contributed by atoms with Gasteiger partial charge in [0.15, 0.2) is 0 Å². The summed E-state index contributed by atoms with van der Waals surface area (Å²) in [4.78, 5) is 12.6. The Hall–Kier alpha value is -2.54. The zero-order chi connectivity index (χ0) is 20.0. The molecule has 0 heterocycles. The van der Waals surface area contributed by atoms with E-state index >= 15 is 0 Å². The lowest BCUT2D eigenvalue weighted by Crippen LogP contribution is -2.34. The topological polar surface area (TPSA) is 84.5 Å². The van der Waals surface area contributed by atoms with E-state index in [1.54, 1.807) is 44.4 Å². The number of ether oxygens (including phenoxy) is 1. The molecule has 0 unspecified atom stereocenters. The lowest BCUT2D eigenvalue weighted by atomic mass is 10.1. The molecule has 2 rings (SSSR count). The van der Waals surface area contributed by atoms with Crippen molar-refractivity contribution in [1.82, 2.24) is 5.32 Å². The fourth-order valence-electron chi connectivity index (χ4n) is 2.64. The second-order valence-corrected chi connectivity index (χ2v) is 7.98. The summed E-state index contributed by atoms with van der Waals surface area (Å²) in [6, 6.07) is 11.2. The van der Waals surface area contributed by atoms with E-state index in [1.165, 1.54) is 12.1 Å². The summed E-state index contributed by atoms with van der Waals surface area (Å²) in [6.45, 7) is 5.79. The Morgan fingerprint density at radius 2 is 1.70 bits per heavy atom. The van der Waals surface area contributed by atoms with E-state index in [0.29, 0.717) is 17.0 Å². The standard InChI is InChI=1S/C20H26N2O4S/c1-5-15(6-2)21-20(23)19-13-18(12-7-14(19)3)27(24,25)22-16-8-10-17(26-4)11-9-16/h7-13,15,22H,5-6H2,1-4H3,(H,21,23). The highest BCUT2D eigenvalue weighted by Gasteiger charge is 2.19. The molecule has 2 N–H and O–H groups in total. The summed E-state index contributed by atoms with van der Waals surface area (Å²) in [7, 11) is -2.27. The fraction of sp³-hybridized carbons (Fsp3) is 0.350. The molecule has 0 atom stereocenters. The highest BCUT2D eigenvalue weighted by molar-refractivity contribution is 7.92. The average molecular weight is 391 g/mol. The molecular formula is C20H26N2O4S. The van der Waals surface area contributed by atoms with Crippen LogP contribution in [0.15, 0.2) is 47.4 Å². The van der Waals surface area contributed by atoms with Gasteiger partial charge in [-0.2, -0.15) is 0 Å². The monoisotopic (exact) mass is 390 g/mol. The van der Waals surface area contributed by atoms with Gasteiger partial charge in [0, 0.05) is 17.3 Å². The summed E-state index contributed by atoms with van der Waals surface area (Å²) in [5, 5.41) is 2.95. The van der Waals surface area contributed by atoms with E-state index in [9.17, 15) is 13.2 Å². The second-order valence-electron chi connectivity index (χ2n) is 6.30. The van der Waals surface area contributed by atoms with Crippen LogP contribution < -0.4 is 14.8 Å². The zero-order valence-corrected chi connectivity index (χ0v) is 16.9. The Labute approximate surface area is 161 Å². The van der Waals surface area contributed by atoms with Gasteiger partial charge in [0.2, 0.25) is 0 Å². The van der Waals surface area contributed by atoms with E-state index in [2.05, 4.69) is 10.0 Å². The third-order valence-electron chi connectivity index (χ3n) is 4.43. The number of anilines is 1. The molecule has 0 saturated heterocycles. The van der Waals surface area contributed by atoms with Gasteiger partial charge in [-0.25, -0.2) is 8.42 Å². The smallest absolute Gasteiger partial charge is 0.261 e. The Bertz CT molecular complexity index is 889. The first-order valence-electron chi connectivity index (χ1n) is 8.89. The second kappa shape index (κ2) is 8.90. The average Bonchev–Trinajstić information content (AvgIpc) is 2.66. The van der Waals surface area contributed by atoms with Crippen molar-refractivity contribution in [1.29, 1.82) is 0 Å². The molecule has 2 aromatic carbocycles. The summed E-state index contributed by atoms with van der Waals surface area (Å²) in [6.07, 6.45) is 1.64. The zero-order valence-electron chi connectivity index (χ0n) is 16.1. The third kappa shape index (κ3) is 5.23. The van der Waals surface area contributed by atoms with Crippen molar-refractivity contribution < 1.29 is 17.9 Å². The van der Waals surface area contributed by atoms with Crippen LogP contribution >= 0.6 is 0 Å². The molecular weight excluding hydrogens is 364 g/mol. The molecule has 146 valence electrons. The molecule has 2 aromatic rings. The first-order valence-corrected chi connectivity index (χ1v) is 10.4. The van der Waals surface area contributed by atoms with Gasteiger partial charge in [-0.3, -0.25) is 9.52 Å². The van der Waals surface area contributed by atoms with Crippen LogP contribution in [0.3, 0.4) is 0 Å². The molecule has 27 heavy (non-hydrogen) atoms. The molecule has 0 saturated carbocycles. The van der Waals surface area contributed by atoms with E-state index < -0.39 is 10.0 Å². The number of hydrogen-bond acceptors (Lipinski definition) is 4. The maximum Gasteiger partial charge on any atom is 0.261 e. The molecule has 1 amide bonds. The van der Waals surface area contributed by atoms with Gasteiger partial charge in [-0.05, 0) is 61.7 Å². The van der Waals surface area contributed by atoms with Gasteiger partial charge in [0.1, 0.15) is 5.75 Å². The van der Waals surface area contributed by atoms with E-state index in [0.717, 1.165) is 18.4 Å². The number of aryl methyl sites for hydroxylation is 1. The lowest BCUT2D eigenvalue weighted by molar-refractivity contribution is 0.0934. The number of methoxy groups -OCH3 is 1. The van der Waals surface area contributed by atoms with Crippen LogP contribution in [0.1, 0.15) is 42.6 Å². The van der Waals surface area contributed by atoms with Crippen molar-refractivity contribution in [3.05, 3.63) is 53.6 Å². The molecule has 0 aromatic heterocycles. The fourth-order valence-corrected chi connectivity index (χ4v) is 3.73. The minimum Gasteiger partial charge on any atom is -0.497 e. The Morgan fingerprint density at radius 3 is 2.26 bits per heavy atom. The van der Waals surface area contributed by atoms with E-state index in [4.69, 9.17) is 4.74 Å². The number of carbonyl (C=O) groups is 1. The van der Waals surface area contributed by atoms with Crippen molar-refractivity contribution in [2.45, 2.75) is 44.6 Å². The minimum absolute atomic E-state index is 0.0404. The number of nitrogens with one attached hydrogen (secondary N) is 2. The predicted octanol–water partition coefficient (Wildman–Crippen LogP) is 3.72. The van der Waals surface area contributed by atoms with Gasteiger partial charge >= 0.3 is 0 Å². The predicted molar refractivity (Wildman–Crippen MR) is 107 cm³/mol. The molecule has 0 aliphatic rings.